The molecule has 1 aromatic carbocycles. The van der Waals surface area contributed by atoms with E-state index >= 15 is 0 Å². The number of methoxy groups -OCH3 is 2. The van der Waals surface area contributed by atoms with Crippen LogP contribution in [0.3, 0.4) is 0 Å². The minimum atomic E-state index is 0.0516. The van der Waals surface area contributed by atoms with E-state index in [0.717, 1.165) is 62.6 Å². The highest BCUT2D eigenvalue weighted by molar-refractivity contribution is 5.80. The van der Waals surface area contributed by atoms with Crippen molar-refractivity contribution in [2.75, 3.05) is 53.6 Å². The molecule has 9 heteroatoms. The van der Waals surface area contributed by atoms with Crippen LogP contribution < -0.4 is 14.8 Å². The number of nitrogens with one attached hydrogen (secondary N) is 1. The Morgan fingerprint density at radius 2 is 1.77 bits per heavy atom. The van der Waals surface area contributed by atoms with E-state index in [2.05, 4.69) is 21.2 Å². The lowest BCUT2D eigenvalue weighted by Gasteiger charge is -2.51. The Bertz CT molecular complexity index is 1070. The second-order valence-electron chi connectivity index (χ2n) is 11.9. The summed E-state index contributed by atoms with van der Waals surface area (Å²) in [4.78, 5) is 44.0. The molecule has 0 spiro atoms. The Balaban J connectivity index is 1.35. The average molecular weight is 556 g/mol. The van der Waals surface area contributed by atoms with Gasteiger partial charge in [0.2, 0.25) is 17.7 Å². The number of fused-ring (bicyclic) bond motifs is 6. The molecule has 3 saturated heterocycles. The standard InChI is InChI=1S/C31H45N3O6/c1-38-27-17-21-8-9-29(36)34-19-22-16-25(20-33(18-22)31(37)23-10-13-40-14-11-23)26(34)6-3-7-28(35)32-12-4-5-24(15-21)30(27)39-2/h15,17,22-23,25-26H,3-14,16,18-20H2,1-2H3,(H,32,35)/t22-,25+,26-/m0/s1. The van der Waals surface area contributed by atoms with Gasteiger partial charge in [0.15, 0.2) is 11.5 Å². The quantitative estimate of drug-likeness (QED) is 0.616. The molecule has 3 atom stereocenters. The van der Waals surface area contributed by atoms with Gasteiger partial charge in [-0.05, 0) is 80.4 Å². The summed E-state index contributed by atoms with van der Waals surface area (Å²) in [6, 6.07) is 4.14. The van der Waals surface area contributed by atoms with E-state index in [1.54, 1.807) is 14.2 Å². The van der Waals surface area contributed by atoms with Gasteiger partial charge in [0.05, 0.1) is 14.2 Å². The molecule has 4 aliphatic rings. The smallest absolute Gasteiger partial charge is 0.225 e. The lowest BCUT2D eigenvalue weighted by molar-refractivity contribution is -0.149. The van der Waals surface area contributed by atoms with Crippen molar-refractivity contribution in [3.05, 3.63) is 23.3 Å². The molecule has 40 heavy (non-hydrogen) atoms. The SMILES string of the molecule is COc1cc2cc(c1OC)CCCNC(=O)CCC[C@H]1[C@@H]3C[C@@H](CN(C(=O)C4CCOCC4)C3)CN1C(=O)CC2. The van der Waals surface area contributed by atoms with Crippen LogP contribution in [0.1, 0.15) is 62.5 Å². The van der Waals surface area contributed by atoms with Crippen molar-refractivity contribution in [1.82, 2.24) is 15.1 Å². The largest absolute Gasteiger partial charge is 0.493 e. The Hall–Kier alpha value is -2.81. The van der Waals surface area contributed by atoms with Gasteiger partial charge in [0.1, 0.15) is 0 Å². The lowest BCUT2D eigenvalue weighted by atomic mass is 9.77. The van der Waals surface area contributed by atoms with Crippen LogP contribution in [0.15, 0.2) is 12.1 Å². The highest BCUT2D eigenvalue weighted by Gasteiger charge is 2.44. The minimum absolute atomic E-state index is 0.0516. The molecule has 1 aromatic rings. The fourth-order valence-electron chi connectivity index (χ4n) is 7.28. The molecule has 3 fully saturated rings. The summed E-state index contributed by atoms with van der Waals surface area (Å²) in [5.41, 5.74) is 2.09. The third-order valence-corrected chi connectivity index (χ3v) is 9.26. The predicted octanol–water partition coefficient (Wildman–Crippen LogP) is 2.97. The zero-order valence-electron chi connectivity index (χ0n) is 24.1. The summed E-state index contributed by atoms with van der Waals surface area (Å²) in [5.74, 6) is 2.46. The molecule has 4 heterocycles. The van der Waals surface area contributed by atoms with Gasteiger partial charge in [-0.3, -0.25) is 14.4 Å². The summed E-state index contributed by atoms with van der Waals surface area (Å²) in [6.45, 7) is 4.03. The summed E-state index contributed by atoms with van der Waals surface area (Å²) in [7, 11) is 3.28. The fourth-order valence-corrected chi connectivity index (χ4v) is 7.28. The number of carbonyl (C=O) groups is 3. The maximum atomic E-state index is 13.8. The molecular weight excluding hydrogens is 510 g/mol. The number of piperidine rings is 2. The van der Waals surface area contributed by atoms with Gasteiger partial charge >= 0.3 is 0 Å². The first-order chi connectivity index (χ1) is 19.5. The normalized spacial score (nSPS) is 27.0. The zero-order valence-corrected chi connectivity index (χ0v) is 24.1. The van der Waals surface area contributed by atoms with Crippen molar-refractivity contribution in [2.24, 2.45) is 17.8 Å². The van der Waals surface area contributed by atoms with Crippen molar-refractivity contribution < 1.29 is 28.6 Å². The van der Waals surface area contributed by atoms with Crippen LogP contribution >= 0.6 is 0 Å². The average Bonchev–Trinajstić information content (AvgIpc) is 2.98. The minimum Gasteiger partial charge on any atom is -0.493 e. The summed E-state index contributed by atoms with van der Waals surface area (Å²) in [6.07, 6.45) is 7.22. The van der Waals surface area contributed by atoms with Crippen molar-refractivity contribution >= 4 is 17.7 Å². The lowest BCUT2D eigenvalue weighted by Crippen LogP contribution is -2.60. The number of ether oxygens (including phenoxy) is 3. The number of likely N-dealkylation sites (tertiary alicyclic amines) is 1. The molecular formula is C31H45N3O6. The number of aryl methyl sites for hydroxylation is 2. The first-order valence-corrected chi connectivity index (χ1v) is 15.1. The van der Waals surface area contributed by atoms with E-state index in [9.17, 15) is 14.4 Å². The topological polar surface area (TPSA) is 97.4 Å². The van der Waals surface area contributed by atoms with E-state index in [1.807, 2.05) is 6.07 Å². The Labute approximate surface area is 237 Å². The molecule has 0 aliphatic carbocycles. The van der Waals surface area contributed by atoms with Crippen LogP contribution in [0.2, 0.25) is 0 Å². The highest BCUT2D eigenvalue weighted by atomic mass is 16.5. The van der Waals surface area contributed by atoms with E-state index in [4.69, 9.17) is 14.2 Å². The molecule has 0 radical (unpaired) electrons. The third-order valence-electron chi connectivity index (χ3n) is 9.26. The zero-order chi connectivity index (χ0) is 28.1. The second kappa shape index (κ2) is 13.2. The number of amides is 3. The second-order valence-corrected chi connectivity index (χ2v) is 11.9. The van der Waals surface area contributed by atoms with Crippen LogP contribution in [-0.4, -0.2) is 87.2 Å². The van der Waals surface area contributed by atoms with Gasteiger partial charge in [-0.25, -0.2) is 0 Å². The molecule has 3 amide bonds. The van der Waals surface area contributed by atoms with Gasteiger partial charge in [-0.15, -0.1) is 0 Å². The molecule has 4 bridgehead atoms. The van der Waals surface area contributed by atoms with E-state index in [-0.39, 0.29) is 35.6 Å². The van der Waals surface area contributed by atoms with Gasteiger partial charge in [0, 0.05) is 64.2 Å². The maximum Gasteiger partial charge on any atom is 0.225 e. The number of carbonyl (C=O) groups excluding carboxylic acids is 3. The van der Waals surface area contributed by atoms with E-state index in [0.29, 0.717) is 69.5 Å². The number of benzene rings is 1. The summed E-state index contributed by atoms with van der Waals surface area (Å²) < 4.78 is 16.8. The van der Waals surface area contributed by atoms with Crippen molar-refractivity contribution in [3.8, 4) is 11.5 Å². The van der Waals surface area contributed by atoms with Crippen LogP contribution in [0, 0.1) is 17.8 Å². The number of rotatable bonds is 3. The summed E-state index contributed by atoms with van der Waals surface area (Å²) >= 11 is 0. The molecule has 4 aliphatic heterocycles. The van der Waals surface area contributed by atoms with Crippen molar-refractivity contribution in [2.45, 2.75) is 70.3 Å². The third kappa shape index (κ3) is 6.56. The predicted molar refractivity (Wildman–Crippen MR) is 150 cm³/mol. The fraction of sp³-hybridized carbons (Fsp3) is 0.710. The first-order valence-electron chi connectivity index (χ1n) is 15.1. The Morgan fingerprint density at radius 3 is 2.55 bits per heavy atom. The first kappa shape index (κ1) is 28.7. The number of nitrogens with zero attached hydrogens (tertiary/aromatic N) is 2. The molecule has 220 valence electrons. The molecule has 1 N–H and O–H groups in total. The number of hydrogen-bond donors (Lipinski definition) is 1. The molecule has 0 aromatic heterocycles. The van der Waals surface area contributed by atoms with Gasteiger partial charge in [-0.2, -0.15) is 0 Å². The van der Waals surface area contributed by atoms with Crippen LogP contribution in [0.25, 0.3) is 0 Å². The van der Waals surface area contributed by atoms with Crippen LogP contribution in [0.4, 0.5) is 0 Å². The number of hydrogen-bond acceptors (Lipinski definition) is 6. The maximum absolute atomic E-state index is 13.8. The monoisotopic (exact) mass is 555 g/mol. The van der Waals surface area contributed by atoms with Crippen molar-refractivity contribution in [1.29, 1.82) is 0 Å². The van der Waals surface area contributed by atoms with E-state index < -0.39 is 0 Å². The molecule has 0 saturated carbocycles. The van der Waals surface area contributed by atoms with Crippen molar-refractivity contribution in [3.63, 3.8) is 0 Å². The molecule has 0 unspecified atom stereocenters. The highest BCUT2D eigenvalue weighted by Crippen LogP contribution is 2.38. The van der Waals surface area contributed by atoms with E-state index in [1.165, 1.54) is 0 Å². The van der Waals surface area contributed by atoms with Gasteiger partial charge < -0.3 is 29.3 Å². The Morgan fingerprint density at radius 1 is 0.950 bits per heavy atom. The molecule has 5 rings (SSSR count). The van der Waals surface area contributed by atoms with Gasteiger partial charge in [-0.1, -0.05) is 6.07 Å². The summed E-state index contributed by atoms with van der Waals surface area (Å²) in [5, 5.41) is 3.07. The van der Waals surface area contributed by atoms with Crippen LogP contribution in [0.5, 0.6) is 11.5 Å². The molecule has 9 nitrogen and oxygen atoms in total. The Kier molecular flexibility index (Phi) is 9.50. The van der Waals surface area contributed by atoms with Crippen LogP contribution in [-0.2, 0) is 32.0 Å². The van der Waals surface area contributed by atoms with Gasteiger partial charge in [0.25, 0.3) is 0 Å².